The van der Waals surface area contributed by atoms with E-state index in [4.69, 9.17) is 4.98 Å². The van der Waals surface area contributed by atoms with Crippen molar-refractivity contribution in [3.05, 3.63) is 45.9 Å². The van der Waals surface area contributed by atoms with Gasteiger partial charge in [0, 0.05) is 19.4 Å². The van der Waals surface area contributed by atoms with Gasteiger partial charge in [-0.15, -0.1) is 0 Å². The summed E-state index contributed by atoms with van der Waals surface area (Å²) in [5.74, 6) is 1.42. The van der Waals surface area contributed by atoms with Gasteiger partial charge in [0.05, 0.1) is 17.1 Å². The molecule has 0 bridgehead atoms. The van der Waals surface area contributed by atoms with Crippen LogP contribution in [-0.2, 0) is 11.2 Å². The summed E-state index contributed by atoms with van der Waals surface area (Å²) >= 11 is 0. The Bertz CT molecular complexity index is 969. The number of aromatic amines is 3. The second kappa shape index (κ2) is 6.19. The van der Waals surface area contributed by atoms with Crippen LogP contribution in [0.4, 0.5) is 0 Å². The highest BCUT2D eigenvalue weighted by atomic mass is 16.2. The van der Waals surface area contributed by atoms with Crippen LogP contribution < -0.4 is 5.69 Å². The molecular formula is C17H20N6O2. The Morgan fingerprint density at radius 1 is 1.36 bits per heavy atom. The SMILES string of the molecule is Cc1cccc2[nH]c(C3CCCN3C(=O)CCc3n[nH]c(=O)[nH]3)nc12. The summed E-state index contributed by atoms with van der Waals surface area (Å²) in [5.41, 5.74) is 2.74. The predicted molar refractivity (Wildman–Crippen MR) is 92.0 cm³/mol. The number of amides is 1. The summed E-state index contributed by atoms with van der Waals surface area (Å²) in [4.78, 5) is 36.3. The molecule has 3 N–H and O–H groups in total. The van der Waals surface area contributed by atoms with E-state index in [9.17, 15) is 9.59 Å². The zero-order valence-electron chi connectivity index (χ0n) is 14.0. The van der Waals surface area contributed by atoms with Crippen molar-refractivity contribution in [1.29, 1.82) is 0 Å². The van der Waals surface area contributed by atoms with E-state index < -0.39 is 0 Å². The van der Waals surface area contributed by atoms with Crippen molar-refractivity contribution in [3.63, 3.8) is 0 Å². The number of para-hydroxylation sites is 1. The molecule has 0 saturated carbocycles. The maximum absolute atomic E-state index is 12.6. The van der Waals surface area contributed by atoms with Gasteiger partial charge in [-0.2, -0.15) is 5.10 Å². The molecule has 1 aliphatic rings. The quantitative estimate of drug-likeness (QED) is 0.669. The monoisotopic (exact) mass is 340 g/mol. The highest BCUT2D eigenvalue weighted by molar-refractivity contribution is 5.79. The van der Waals surface area contributed by atoms with Crippen LogP contribution in [0, 0.1) is 6.92 Å². The topological polar surface area (TPSA) is 111 Å². The Labute approximate surface area is 143 Å². The van der Waals surface area contributed by atoms with Gasteiger partial charge in [0.15, 0.2) is 0 Å². The predicted octanol–water partition coefficient (Wildman–Crippen LogP) is 1.58. The Balaban J connectivity index is 1.51. The second-order valence-corrected chi connectivity index (χ2v) is 6.46. The average Bonchev–Trinajstić information content (AvgIpc) is 3.31. The number of aryl methyl sites for hydroxylation is 2. The number of aromatic nitrogens is 5. The van der Waals surface area contributed by atoms with E-state index in [1.165, 1.54) is 0 Å². The molecule has 3 aromatic rings. The normalized spacial score (nSPS) is 17.5. The summed E-state index contributed by atoms with van der Waals surface area (Å²) < 4.78 is 0. The van der Waals surface area contributed by atoms with Gasteiger partial charge >= 0.3 is 5.69 Å². The lowest BCUT2D eigenvalue weighted by atomic mass is 10.2. The molecule has 1 unspecified atom stereocenters. The van der Waals surface area contributed by atoms with E-state index in [0.717, 1.165) is 41.8 Å². The van der Waals surface area contributed by atoms with Gasteiger partial charge in [0.2, 0.25) is 5.91 Å². The third-order valence-corrected chi connectivity index (χ3v) is 4.75. The molecule has 1 amide bonds. The van der Waals surface area contributed by atoms with Crippen LogP contribution in [0.1, 0.15) is 42.5 Å². The molecule has 0 aliphatic carbocycles. The minimum Gasteiger partial charge on any atom is -0.340 e. The number of hydrogen-bond donors (Lipinski definition) is 3. The Morgan fingerprint density at radius 2 is 2.24 bits per heavy atom. The minimum absolute atomic E-state index is 0.0162. The van der Waals surface area contributed by atoms with Crippen molar-refractivity contribution < 1.29 is 4.79 Å². The van der Waals surface area contributed by atoms with E-state index in [-0.39, 0.29) is 17.6 Å². The van der Waals surface area contributed by atoms with Crippen LogP contribution >= 0.6 is 0 Å². The van der Waals surface area contributed by atoms with E-state index in [1.807, 2.05) is 30.0 Å². The smallest absolute Gasteiger partial charge is 0.340 e. The van der Waals surface area contributed by atoms with Crippen molar-refractivity contribution in [2.75, 3.05) is 6.54 Å². The lowest BCUT2D eigenvalue weighted by Crippen LogP contribution is -2.31. The second-order valence-electron chi connectivity index (χ2n) is 6.46. The number of hydrogen-bond acceptors (Lipinski definition) is 4. The fourth-order valence-electron chi connectivity index (χ4n) is 3.49. The molecule has 1 atom stereocenters. The maximum atomic E-state index is 12.6. The molecular weight excluding hydrogens is 320 g/mol. The number of rotatable bonds is 4. The van der Waals surface area contributed by atoms with E-state index in [0.29, 0.717) is 18.7 Å². The first-order valence-corrected chi connectivity index (χ1v) is 8.50. The summed E-state index contributed by atoms with van der Waals surface area (Å²) in [5, 5.41) is 6.16. The molecule has 1 aromatic carbocycles. The molecule has 3 heterocycles. The van der Waals surface area contributed by atoms with Crippen molar-refractivity contribution in [1.82, 2.24) is 30.0 Å². The zero-order valence-corrected chi connectivity index (χ0v) is 14.0. The number of carbonyl (C=O) groups is 1. The molecule has 1 saturated heterocycles. The number of carbonyl (C=O) groups excluding carboxylic acids is 1. The van der Waals surface area contributed by atoms with Crippen LogP contribution in [0.5, 0.6) is 0 Å². The van der Waals surface area contributed by atoms with Crippen LogP contribution in [0.3, 0.4) is 0 Å². The van der Waals surface area contributed by atoms with E-state index >= 15 is 0 Å². The van der Waals surface area contributed by atoms with Gasteiger partial charge in [0.1, 0.15) is 11.6 Å². The van der Waals surface area contributed by atoms with Crippen molar-refractivity contribution >= 4 is 16.9 Å². The van der Waals surface area contributed by atoms with E-state index in [2.05, 4.69) is 20.2 Å². The lowest BCUT2D eigenvalue weighted by Gasteiger charge is -2.23. The van der Waals surface area contributed by atoms with Gasteiger partial charge in [-0.3, -0.25) is 9.78 Å². The fraction of sp³-hybridized carbons (Fsp3) is 0.412. The Hall–Kier alpha value is -2.90. The largest absolute Gasteiger partial charge is 0.340 e. The number of likely N-dealkylation sites (tertiary alicyclic amines) is 1. The van der Waals surface area contributed by atoms with Crippen molar-refractivity contribution in [3.8, 4) is 0 Å². The molecule has 25 heavy (non-hydrogen) atoms. The number of imidazole rings is 1. The third kappa shape index (κ3) is 2.95. The van der Waals surface area contributed by atoms with Crippen LogP contribution in [0.2, 0.25) is 0 Å². The highest BCUT2D eigenvalue weighted by Gasteiger charge is 2.32. The van der Waals surface area contributed by atoms with Gasteiger partial charge in [0.25, 0.3) is 0 Å². The summed E-state index contributed by atoms with van der Waals surface area (Å²) in [6.07, 6.45) is 2.60. The fourth-order valence-corrected chi connectivity index (χ4v) is 3.49. The number of H-pyrrole nitrogens is 3. The van der Waals surface area contributed by atoms with Crippen LogP contribution in [0.15, 0.2) is 23.0 Å². The standard InChI is InChI=1S/C17H20N6O2/c1-10-4-2-5-11-15(10)20-16(18-11)12-6-3-9-23(12)14(24)8-7-13-19-17(25)22-21-13/h2,4-5,12H,3,6-9H2,1H3,(H,18,20)(H2,19,21,22,25). The summed E-state index contributed by atoms with van der Waals surface area (Å²) in [6.45, 7) is 2.77. The molecule has 8 heteroatoms. The number of benzene rings is 1. The van der Waals surface area contributed by atoms with Crippen LogP contribution in [0.25, 0.3) is 11.0 Å². The Morgan fingerprint density at radius 3 is 3.00 bits per heavy atom. The maximum Gasteiger partial charge on any atom is 0.340 e. The molecule has 4 rings (SSSR count). The molecule has 0 radical (unpaired) electrons. The molecule has 0 spiro atoms. The molecule has 1 fully saturated rings. The average molecular weight is 340 g/mol. The molecule has 1 aliphatic heterocycles. The Kier molecular flexibility index (Phi) is 3.87. The van der Waals surface area contributed by atoms with Gasteiger partial charge in [-0.1, -0.05) is 12.1 Å². The molecule has 2 aromatic heterocycles. The first-order valence-electron chi connectivity index (χ1n) is 8.50. The van der Waals surface area contributed by atoms with Crippen LogP contribution in [-0.4, -0.2) is 42.5 Å². The van der Waals surface area contributed by atoms with Crippen molar-refractivity contribution in [2.24, 2.45) is 0 Å². The number of fused-ring (bicyclic) bond motifs is 1. The summed E-state index contributed by atoms with van der Waals surface area (Å²) in [6, 6.07) is 6.03. The van der Waals surface area contributed by atoms with E-state index in [1.54, 1.807) is 0 Å². The van der Waals surface area contributed by atoms with Gasteiger partial charge in [-0.25, -0.2) is 14.9 Å². The lowest BCUT2D eigenvalue weighted by molar-refractivity contribution is -0.132. The minimum atomic E-state index is -0.348. The number of nitrogens with zero attached hydrogens (tertiary/aromatic N) is 3. The van der Waals surface area contributed by atoms with Gasteiger partial charge < -0.3 is 9.88 Å². The molecule has 130 valence electrons. The first kappa shape index (κ1) is 15.6. The zero-order chi connectivity index (χ0) is 17.4. The highest BCUT2D eigenvalue weighted by Crippen LogP contribution is 2.32. The molecule has 8 nitrogen and oxygen atoms in total. The summed E-state index contributed by atoms with van der Waals surface area (Å²) in [7, 11) is 0. The van der Waals surface area contributed by atoms with Gasteiger partial charge in [-0.05, 0) is 31.4 Å². The first-order chi connectivity index (χ1) is 12.1. The van der Waals surface area contributed by atoms with Crippen molar-refractivity contribution in [2.45, 2.75) is 38.6 Å². The number of nitrogens with one attached hydrogen (secondary N) is 3. The third-order valence-electron chi connectivity index (χ3n) is 4.75.